The number of nitrogens with zero attached hydrogens (tertiary/aromatic N) is 1. The molecular formula is C17H23NO4. The van der Waals surface area contributed by atoms with Crippen LogP contribution in [0.3, 0.4) is 0 Å². The largest absolute Gasteiger partial charge is 0.483 e. The first-order valence-corrected chi connectivity index (χ1v) is 7.52. The standard InChI is InChI=1S/C17H23NO4/c1-17(2,3)13-6-4-5-7-14(13)22-11-15(19)18-9-8-12(10-18)16(20)21/h4-7,12H,8-11H2,1-3H3,(H,20,21). The van der Waals surface area contributed by atoms with E-state index in [4.69, 9.17) is 9.84 Å². The molecule has 0 spiro atoms. The van der Waals surface area contributed by atoms with Gasteiger partial charge in [0.2, 0.25) is 0 Å². The molecule has 0 radical (unpaired) electrons. The first kappa shape index (κ1) is 16.3. The van der Waals surface area contributed by atoms with Gasteiger partial charge in [-0.25, -0.2) is 0 Å². The summed E-state index contributed by atoms with van der Waals surface area (Å²) in [4.78, 5) is 24.7. The van der Waals surface area contributed by atoms with E-state index in [0.29, 0.717) is 18.7 Å². The molecule has 1 saturated heterocycles. The van der Waals surface area contributed by atoms with E-state index in [1.165, 1.54) is 0 Å². The fraction of sp³-hybridized carbons (Fsp3) is 0.529. The van der Waals surface area contributed by atoms with Crippen LogP contribution in [-0.4, -0.2) is 41.6 Å². The van der Waals surface area contributed by atoms with E-state index in [0.717, 1.165) is 5.56 Å². The number of carboxylic acids is 1. The minimum absolute atomic E-state index is 0.0561. The first-order chi connectivity index (χ1) is 10.3. The summed E-state index contributed by atoms with van der Waals surface area (Å²) in [6.45, 7) is 6.98. The number of rotatable bonds is 4. The van der Waals surface area contributed by atoms with Crippen LogP contribution in [0.2, 0.25) is 0 Å². The Morgan fingerprint density at radius 3 is 2.59 bits per heavy atom. The molecule has 1 aliphatic heterocycles. The van der Waals surface area contributed by atoms with E-state index in [1.807, 2.05) is 24.3 Å². The maximum Gasteiger partial charge on any atom is 0.308 e. The van der Waals surface area contributed by atoms with Crippen LogP contribution < -0.4 is 4.74 Å². The summed E-state index contributed by atoms with van der Waals surface area (Å²) in [6.07, 6.45) is 0.514. The summed E-state index contributed by atoms with van der Waals surface area (Å²) in [7, 11) is 0. The van der Waals surface area contributed by atoms with Gasteiger partial charge in [-0.3, -0.25) is 9.59 Å². The van der Waals surface area contributed by atoms with Gasteiger partial charge in [-0.1, -0.05) is 39.0 Å². The zero-order chi connectivity index (χ0) is 16.3. The number of para-hydroxylation sites is 1. The number of carbonyl (C=O) groups is 2. The van der Waals surface area contributed by atoms with Crippen LogP contribution in [0.25, 0.3) is 0 Å². The first-order valence-electron chi connectivity index (χ1n) is 7.52. The van der Waals surface area contributed by atoms with Gasteiger partial charge < -0.3 is 14.7 Å². The molecule has 5 heteroatoms. The number of aliphatic carboxylic acids is 1. The molecule has 1 N–H and O–H groups in total. The fourth-order valence-corrected chi connectivity index (χ4v) is 2.63. The van der Waals surface area contributed by atoms with Gasteiger partial charge in [-0.05, 0) is 23.5 Å². The van der Waals surface area contributed by atoms with Gasteiger partial charge in [0.1, 0.15) is 5.75 Å². The van der Waals surface area contributed by atoms with Gasteiger partial charge in [-0.15, -0.1) is 0 Å². The normalized spacial score (nSPS) is 18.3. The average molecular weight is 305 g/mol. The molecule has 1 aromatic rings. The van der Waals surface area contributed by atoms with Crippen molar-refractivity contribution in [2.75, 3.05) is 19.7 Å². The molecule has 22 heavy (non-hydrogen) atoms. The van der Waals surface area contributed by atoms with Crippen LogP contribution in [0.4, 0.5) is 0 Å². The topological polar surface area (TPSA) is 66.8 Å². The number of likely N-dealkylation sites (tertiary alicyclic amines) is 1. The lowest BCUT2D eigenvalue weighted by atomic mass is 9.86. The average Bonchev–Trinajstić information content (AvgIpc) is 2.94. The Morgan fingerprint density at radius 1 is 1.32 bits per heavy atom. The van der Waals surface area contributed by atoms with Gasteiger partial charge in [-0.2, -0.15) is 0 Å². The van der Waals surface area contributed by atoms with Gasteiger partial charge in [0.15, 0.2) is 6.61 Å². The molecule has 1 heterocycles. The van der Waals surface area contributed by atoms with Crippen molar-refractivity contribution in [1.29, 1.82) is 0 Å². The van der Waals surface area contributed by atoms with Crippen LogP contribution >= 0.6 is 0 Å². The van der Waals surface area contributed by atoms with Crippen molar-refractivity contribution in [3.05, 3.63) is 29.8 Å². The molecule has 1 amide bonds. The van der Waals surface area contributed by atoms with Crippen LogP contribution in [0.1, 0.15) is 32.8 Å². The Hall–Kier alpha value is -2.04. The fourth-order valence-electron chi connectivity index (χ4n) is 2.63. The Bertz CT molecular complexity index is 562. The monoisotopic (exact) mass is 305 g/mol. The lowest BCUT2D eigenvalue weighted by Gasteiger charge is -2.23. The molecule has 0 aliphatic carbocycles. The maximum absolute atomic E-state index is 12.2. The Balaban J connectivity index is 1.97. The van der Waals surface area contributed by atoms with Crippen LogP contribution in [0.5, 0.6) is 5.75 Å². The predicted molar refractivity (Wildman–Crippen MR) is 83.0 cm³/mol. The summed E-state index contributed by atoms with van der Waals surface area (Å²) in [5.74, 6) is -0.745. The van der Waals surface area contributed by atoms with E-state index in [2.05, 4.69) is 20.8 Å². The highest BCUT2D eigenvalue weighted by atomic mass is 16.5. The van der Waals surface area contributed by atoms with E-state index >= 15 is 0 Å². The minimum atomic E-state index is -0.839. The van der Waals surface area contributed by atoms with Crippen LogP contribution in [0.15, 0.2) is 24.3 Å². The van der Waals surface area contributed by atoms with E-state index < -0.39 is 11.9 Å². The molecular weight excluding hydrogens is 282 g/mol. The van der Waals surface area contributed by atoms with Crippen molar-refractivity contribution < 1.29 is 19.4 Å². The quantitative estimate of drug-likeness (QED) is 0.927. The van der Waals surface area contributed by atoms with E-state index in [1.54, 1.807) is 4.90 Å². The summed E-state index contributed by atoms with van der Waals surface area (Å²) in [6, 6.07) is 7.69. The molecule has 120 valence electrons. The molecule has 1 fully saturated rings. The van der Waals surface area contributed by atoms with Gasteiger partial charge in [0.25, 0.3) is 5.91 Å². The number of carboxylic acid groups (broad SMARTS) is 1. The molecule has 0 bridgehead atoms. The molecule has 2 rings (SSSR count). The zero-order valence-corrected chi connectivity index (χ0v) is 13.3. The molecule has 1 aromatic carbocycles. The Kier molecular flexibility index (Phi) is 4.74. The zero-order valence-electron chi connectivity index (χ0n) is 13.3. The highest BCUT2D eigenvalue weighted by Gasteiger charge is 2.31. The number of benzene rings is 1. The second-order valence-corrected chi connectivity index (χ2v) is 6.70. The van der Waals surface area contributed by atoms with Gasteiger partial charge in [0, 0.05) is 13.1 Å². The Morgan fingerprint density at radius 2 is 2.00 bits per heavy atom. The Labute approximate surface area is 130 Å². The minimum Gasteiger partial charge on any atom is -0.483 e. The molecule has 1 unspecified atom stereocenters. The molecule has 1 aliphatic rings. The molecule has 0 saturated carbocycles. The maximum atomic E-state index is 12.2. The number of amides is 1. The van der Waals surface area contributed by atoms with Crippen molar-refractivity contribution in [2.24, 2.45) is 5.92 Å². The van der Waals surface area contributed by atoms with Crippen LogP contribution in [-0.2, 0) is 15.0 Å². The third kappa shape index (κ3) is 3.78. The van der Waals surface area contributed by atoms with Crippen molar-refractivity contribution in [2.45, 2.75) is 32.6 Å². The molecule has 5 nitrogen and oxygen atoms in total. The number of hydrogen-bond acceptors (Lipinski definition) is 3. The SMILES string of the molecule is CC(C)(C)c1ccccc1OCC(=O)N1CCC(C(=O)O)C1. The summed E-state index contributed by atoms with van der Waals surface area (Å²) in [5, 5.41) is 8.98. The number of hydrogen-bond donors (Lipinski definition) is 1. The van der Waals surface area contributed by atoms with Crippen molar-refractivity contribution >= 4 is 11.9 Å². The third-order valence-corrected chi connectivity index (χ3v) is 3.94. The highest BCUT2D eigenvalue weighted by molar-refractivity contribution is 5.80. The lowest BCUT2D eigenvalue weighted by molar-refractivity contribution is -0.141. The smallest absolute Gasteiger partial charge is 0.308 e. The summed E-state index contributed by atoms with van der Waals surface area (Å²) >= 11 is 0. The summed E-state index contributed by atoms with van der Waals surface area (Å²) < 4.78 is 5.69. The molecule has 1 atom stereocenters. The van der Waals surface area contributed by atoms with E-state index in [9.17, 15) is 9.59 Å². The van der Waals surface area contributed by atoms with Crippen molar-refractivity contribution in [3.8, 4) is 5.75 Å². The summed E-state index contributed by atoms with van der Waals surface area (Å²) in [5.41, 5.74) is 0.981. The van der Waals surface area contributed by atoms with Gasteiger partial charge in [0.05, 0.1) is 5.92 Å². The van der Waals surface area contributed by atoms with Crippen molar-refractivity contribution in [3.63, 3.8) is 0 Å². The predicted octanol–water partition coefficient (Wildman–Crippen LogP) is 2.30. The molecule has 0 aromatic heterocycles. The number of carbonyl (C=O) groups excluding carboxylic acids is 1. The number of ether oxygens (including phenoxy) is 1. The van der Waals surface area contributed by atoms with E-state index in [-0.39, 0.29) is 24.5 Å². The lowest BCUT2D eigenvalue weighted by Crippen LogP contribution is -2.34. The second-order valence-electron chi connectivity index (χ2n) is 6.70. The third-order valence-electron chi connectivity index (χ3n) is 3.94. The highest BCUT2D eigenvalue weighted by Crippen LogP contribution is 2.31. The van der Waals surface area contributed by atoms with Crippen LogP contribution in [0, 0.1) is 5.92 Å². The van der Waals surface area contributed by atoms with Gasteiger partial charge >= 0.3 is 5.97 Å². The van der Waals surface area contributed by atoms with Crippen molar-refractivity contribution in [1.82, 2.24) is 4.90 Å². The second kappa shape index (κ2) is 6.38.